The lowest BCUT2D eigenvalue weighted by atomic mass is 10.2. The largest absolute Gasteiger partial charge is 0.495 e. The molecule has 3 aromatic rings. The van der Waals surface area contributed by atoms with Crippen molar-refractivity contribution in [2.75, 3.05) is 31.2 Å². The number of sulfonamides is 1. The first-order chi connectivity index (χ1) is 17.3. The molecule has 0 saturated carbocycles. The zero-order chi connectivity index (χ0) is 25.7. The number of nitrogens with one attached hydrogen (secondary N) is 1. The third-order valence-electron chi connectivity index (χ3n) is 5.31. The first kappa shape index (κ1) is 25.3. The molecular formula is C25H24ClN3O6S. The van der Waals surface area contributed by atoms with Crippen LogP contribution in [0, 0.1) is 6.92 Å². The molecule has 1 amide bonds. The molecule has 1 aliphatic heterocycles. The van der Waals surface area contributed by atoms with Crippen LogP contribution < -0.4 is 23.9 Å². The van der Waals surface area contributed by atoms with Gasteiger partial charge in [0, 0.05) is 5.56 Å². The smallest absolute Gasteiger partial charge is 0.264 e. The molecule has 3 aromatic carbocycles. The van der Waals surface area contributed by atoms with Crippen molar-refractivity contribution in [2.24, 2.45) is 5.10 Å². The maximum Gasteiger partial charge on any atom is 0.264 e. The van der Waals surface area contributed by atoms with E-state index in [2.05, 4.69) is 10.5 Å². The maximum absolute atomic E-state index is 13.5. The highest BCUT2D eigenvalue weighted by molar-refractivity contribution is 7.92. The van der Waals surface area contributed by atoms with Gasteiger partial charge in [-0.25, -0.2) is 13.8 Å². The summed E-state index contributed by atoms with van der Waals surface area (Å²) in [4.78, 5) is 12.8. The van der Waals surface area contributed by atoms with E-state index in [0.29, 0.717) is 36.0 Å². The van der Waals surface area contributed by atoms with Gasteiger partial charge in [0.25, 0.3) is 15.9 Å². The lowest BCUT2D eigenvalue weighted by Crippen LogP contribution is -2.39. The Kier molecular flexibility index (Phi) is 7.66. The minimum Gasteiger partial charge on any atom is -0.495 e. The lowest BCUT2D eigenvalue weighted by molar-refractivity contribution is -0.119. The van der Waals surface area contributed by atoms with Crippen molar-refractivity contribution in [2.45, 2.75) is 11.8 Å². The van der Waals surface area contributed by atoms with Crippen molar-refractivity contribution in [3.05, 3.63) is 76.8 Å². The molecule has 0 aliphatic carbocycles. The normalized spacial score (nSPS) is 12.9. The Bertz CT molecular complexity index is 1390. The van der Waals surface area contributed by atoms with E-state index >= 15 is 0 Å². The van der Waals surface area contributed by atoms with E-state index in [1.807, 2.05) is 6.92 Å². The monoisotopic (exact) mass is 529 g/mol. The average molecular weight is 530 g/mol. The summed E-state index contributed by atoms with van der Waals surface area (Å²) in [5.41, 5.74) is 4.09. The SMILES string of the molecule is COc1ccc(N(CC(=O)N/N=C\c2cccc3c2OCCO3)S(=O)(=O)c2ccc(C)cc2)cc1Cl. The number of hydrogen-bond acceptors (Lipinski definition) is 7. The number of hydrogen-bond donors (Lipinski definition) is 1. The number of aryl methyl sites for hydroxylation is 1. The quantitative estimate of drug-likeness (QED) is 0.351. The number of nitrogens with zero attached hydrogens (tertiary/aromatic N) is 2. The predicted molar refractivity (Wildman–Crippen MR) is 137 cm³/mol. The zero-order valence-corrected chi connectivity index (χ0v) is 21.2. The molecule has 36 heavy (non-hydrogen) atoms. The summed E-state index contributed by atoms with van der Waals surface area (Å²) in [5.74, 6) is 0.830. The fourth-order valence-corrected chi connectivity index (χ4v) is 5.17. The summed E-state index contributed by atoms with van der Waals surface area (Å²) in [6, 6.07) is 16.1. The molecule has 0 spiro atoms. The van der Waals surface area contributed by atoms with Crippen molar-refractivity contribution >= 4 is 39.4 Å². The molecule has 0 bridgehead atoms. The molecule has 11 heteroatoms. The number of benzene rings is 3. The summed E-state index contributed by atoms with van der Waals surface area (Å²) in [7, 11) is -2.65. The van der Waals surface area contributed by atoms with Gasteiger partial charge in [0.1, 0.15) is 25.5 Å². The van der Waals surface area contributed by atoms with Gasteiger partial charge >= 0.3 is 0 Å². The molecule has 4 rings (SSSR count). The van der Waals surface area contributed by atoms with Crippen molar-refractivity contribution in [3.8, 4) is 17.2 Å². The zero-order valence-electron chi connectivity index (χ0n) is 19.6. The highest BCUT2D eigenvalue weighted by Gasteiger charge is 2.28. The molecule has 188 valence electrons. The molecule has 0 aromatic heterocycles. The van der Waals surface area contributed by atoms with Crippen molar-refractivity contribution in [3.63, 3.8) is 0 Å². The van der Waals surface area contributed by atoms with Gasteiger partial charge in [-0.15, -0.1) is 0 Å². The number of ether oxygens (including phenoxy) is 3. The molecule has 0 unspecified atom stereocenters. The summed E-state index contributed by atoms with van der Waals surface area (Å²) in [5, 5.41) is 4.18. The van der Waals surface area contributed by atoms with Gasteiger partial charge in [-0.1, -0.05) is 35.4 Å². The van der Waals surface area contributed by atoms with Crippen LogP contribution in [0.3, 0.4) is 0 Å². The van der Waals surface area contributed by atoms with Crippen LogP contribution in [0.25, 0.3) is 0 Å². The van der Waals surface area contributed by atoms with Crippen LogP contribution in [-0.2, 0) is 14.8 Å². The van der Waals surface area contributed by atoms with Crippen LogP contribution in [0.2, 0.25) is 5.02 Å². The Morgan fingerprint density at radius 2 is 1.89 bits per heavy atom. The minimum absolute atomic E-state index is 0.0319. The fourth-order valence-electron chi connectivity index (χ4n) is 3.50. The molecule has 9 nitrogen and oxygen atoms in total. The van der Waals surface area contributed by atoms with Crippen LogP contribution >= 0.6 is 11.6 Å². The van der Waals surface area contributed by atoms with Gasteiger partial charge < -0.3 is 14.2 Å². The van der Waals surface area contributed by atoms with Crippen LogP contribution in [0.5, 0.6) is 17.2 Å². The van der Waals surface area contributed by atoms with E-state index in [4.69, 9.17) is 25.8 Å². The predicted octanol–water partition coefficient (Wildman–Crippen LogP) is 3.77. The van der Waals surface area contributed by atoms with Crippen LogP contribution in [0.1, 0.15) is 11.1 Å². The molecule has 1 heterocycles. The third-order valence-corrected chi connectivity index (χ3v) is 7.39. The Hall–Kier alpha value is -3.76. The molecular weight excluding hydrogens is 506 g/mol. The van der Waals surface area contributed by atoms with Gasteiger partial charge in [0.2, 0.25) is 0 Å². The summed E-state index contributed by atoms with van der Waals surface area (Å²) in [6.45, 7) is 2.16. The van der Waals surface area contributed by atoms with Crippen molar-refractivity contribution in [1.29, 1.82) is 0 Å². The number of amides is 1. The standard InChI is InChI=1S/C25H24ClN3O6S/c1-17-6-9-20(10-7-17)36(31,32)29(19-8-11-22(33-2)21(26)14-19)16-24(30)28-27-15-18-4-3-5-23-25(18)35-13-12-34-23/h3-11,14-15H,12-13,16H2,1-2H3,(H,28,30)/b27-15-. The van der Waals surface area contributed by atoms with Gasteiger partial charge in [0.15, 0.2) is 11.5 Å². The number of fused-ring (bicyclic) bond motifs is 1. The minimum atomic E-state index is -4.11. The highest BCUT2D eigenvalue weighted by Crippen LogP contribution is 2.33. The Morgan fingerprint density at radius 3 is 2.61 bits per heavy atom. The second-order valence-electron chi connectivity index (χ2n) is 7.81. The first-order valence-corrected chi connectivity index (χ1v) is 12.7. The van der Waals surface area contributed by atoms with E-state index in [0.717, 1.165) is 9.87 Å². The topological polar surface area (TPSA) is 107 Å². The molecule has 1 N–H and O–H groups in total. The highest BCUT2D eigenvalue weighted by atomic mass is 35.5. The lowest BCUT2D eigenvalue weighted by Gasteiger charge is -2.24. The number of hydrazone groups is 1. The van der Waals surface area contributed by atoms with E-state index < -0.39 is 22.5 Å². The van der Waals surface area contributed by atoms with E-state index in [-0.39, 0.29) is 15.6 Å². The molecule has 0 saturated heterocycles. The number of rotatable bonds is 8. The first-order valence-electron chi connectivity index (χ1n) is 10.9. The van der Waals surface area contributed by atoms with Crippen LogP contribution in [-0.4, -0.2) is 47.4 Å². The summed E-state index contributed by atoms with van der Waals surface area (Å²) in [6.07, 6.45) is 1.41. The van der Waals surface area contributed by atoms with E-state index in [1.165, 1.54) is 43.7 Å². The number of carbonyl (C=O) groups is 1. The number of halogens is 1. The molecule has 1 aliphatic rings. The van der Waals surface area contributed by atoms with Gasteiger partial charge in [-0.3, -0.25) is 9.10 Å². The van der Waals surface area contributed by atoms with E-state index in [1.54, 1.807) is 30.3 Å². The maximum atomic E-state index is 13.5. The van der Waals surface area contributed by atoms with Crippen LogP contribution in [0.15, 0.2) is 70.7 Å². The Morgan fingerprint density at radius 1 is 1.14 bits per heavy atom. The van der Waals surface area contributed by atoms with Gasteiger partial charge in [-0.2, -0.15) is 5.10 Å². The number of anilines is 1. The number of carbonyl (C=O) groups excluding carboxylic acids is 1. The second kappa shape index (κ2) is 10.9. The van der Waals surface area contributed by atoms with Crippen molar-refractivity contribution in [1.82, 2.24) is 5.43 Å². The number of para-hydroxylation sites is 1. The summed E-state index contributed by atoms with van der Waals surface area (Å²) >= 11 is 6.24. The van der Waals surface area contributed by atoms with Crippen LogP contribution in [0.4, 0.5) is 5.69 Å². The Labute approximate surface area is 214 Å². The Balaban J connectivity index is 1.58. The molecule has 0 atom stereocenters. The average Bonchev–Trinajstić information content (AvgIpc) is 2.87. The van der Waals surface area contributed by atoms with Gasteiger partial charge in [0.05, 0.1) is 28.9 Å². The summed E-state index contributed by atoms with van der Waals surface area (Å²) < 4.78 is 44.3. The molecule has 0 radical (unpaired) electrons. The molecule has 0 fully saturated rings. The number of methoxy groups -OCH3 is 1. The van der Waals surface area contributed by atoms with Gasteiger partial charge in [-0.05, 0) is 49.4 Å². The fraction of sp³-hybridized carbons (Fsp3) is 0.200. The van der Waals surface area contributed by atoms with Crippen molar-refractivity contribution < 1.29 is 27.4 Å². The third kappa shape index (κ3) is 5.55. The van der Waals surface area contributed by atoms with E-state index in [9.17, 15) is 13.2 Å². The second-order valence-corrected chi connectivity index (χ2v) is 10.1.